The number of amides is 1. The van der Waals surface area contributed by atoms with E-state index in [2.05, 4.69) is 0 Å². The molecule has 0 saturated carbocycles. The Morgan fingerprint density at radius 1 is 0.929 bits per heavy atom. The van der Waals surface area contributed by atoms with Gasteiger partial charge in [-0.15, -0.1) is 0 Å². The summed E-state index contributed by atoms with van der Waals surface area (Å²) in [5.74, 6) is -0.153. The Bertz CT molecular complexity index is 109. The van der Waals surface area contributed by atoms with Crippen molar-refractivity contribution < 1.29 is 4.79 Å². The van der Waals surface area contributed by atoms with Crippen LogP contribution in [0.5, 0.6) is 0 Å². The smallest absolute Gasteiger partial charge is 0.223 e. The Hall–Kier alpha value is -0.530. The number of nitrogens with two attached hydrogens (primary N) is 1. The molecule has 0 spiro atoms. The molecule has 0 aromatic carbocycles. The molecule has 0 heterocycles. The molecular weight excluding hydrogens is 174 g/mol. The van der Waals surface area contributed by atoms with Crippen molar-refractivity contribution >= 4 is 5.91 Å². The second kappa shape index (κ2) is 12.5. The van der Waals surface area contributed by atoms with E-state index in [1.54, 1.807) is 0 Å². The van der Waals surface area contributed by atoms with Gasteiger partial charge in [0, 0.05) is 5.41 Å². The number of carbonyl (C=O) groups is 1. The fourth-order valence-electron chi connectivity index (χ4n) is 1.27. The lowest BCUT2D eigenvalue weighted by molar-refractivity contribution is -0.128. The molecule has 0 rings (SSSR count). The van der Waals surface area contributed by atoms with Crippen LogP contribution in [0.25, 0.3) is 0 Å². The zero-order valence-electron chi connectivity index (χ0n) is 11.1. The van der Waals surface area contributed by atoms with Gasteiger partial charge in [-0.3, -0.25) is 4.79 Å². The molecule has 0 aromatic rings. The molecule has 0 aliphatic heterocycles. The normalized spacial score (nSPS) is 9.07. The van der Waals surface area contributed by atoms with E-state index in [0.29, 0.717) is 0 Å². The van der Waals surface area contributed by atoms with Crippen LogP contribution in [0.3, 0.4) is 0 Å². The molecule has 0 aliphatic rings. The van der Waals surface area contributed by atoms with Crippen molar-refractivity contribution in [3.8, 4) is 0 Å². The number of hydrogen-bond acceptors (Lipinski definition) is 1. The number of primary amides is 1. The van der Waals surface area contributed by atoms with Crippen molar-refractivity contribution in [2.24, 2.45) is 11.1 Å². The Balaban J connectivity index is -0.000000266. The minimum Gasteiger partial charge on any atom is -0.369 e. The average Bonchev–Trinajstić information content (AvgIpc) is 2.27. The zero-order valence-corrected chi connectivity index (χ0v) is 11.1. The van der Waals surface area contributed by atoms with Gasteiger partial charge >= 0.3 is 0 Å². The number of carbonyl (C=O) groups excluding carboxylic acids is 1. The van der Waals surface area contributed by atoms with Crippen molar-refractivity contribution in [2.45, 2.75) is 67.7 Å². The van der Waals surface area contributed by atoms with Gasteiger partial charge in [0.05, 0.1) is 0 Å². The maximum Gasteiger partial charge on any atom is 0.223 e. The summed E-state index contributed by atoms with van der Waals surface area (Å²) < 4.78 is 0. The monoisotopic (exact) mass is 203 g/mol. The molecule has 14 heavy (non-hydrogen) atoms. The van der Waals surface area contributed by atoms with E-state index >= 15 is 0 Å². The largest absolute Gasteiger partial charge is 0.369 e. The maximum atomic E-state index is 10.9. The van der Waals surface area contributed by atoms with Crippen LogP contribution in [-0.4, -0.2) is 5.91 Å². The van der Waals surface area contributed by atoms with E-state index in [-0.39, 0.29) is 11.3 Å². The van der Waals surface area contributed by atoms with Gasteiger partial charge in [0.1, 0.15) is 0 Å². The van der Waals surface area contributed by atoms with Gasteiger partial charge in [-0.05, 0) is 19.3 Å². The van der Waals surface area contributed by atoms with Crippen LogP contribution in [0.1, 0.15) is 67.7 Å². The second-order valence-corrected chi connectivity index (χ2v) is 2.71. The van der Waals surface area contributed by atoms with Crippen LogP contribution in [0, 0.1) is 5.41 Å². The molecule has 2 nitrogen and oxygen atoms in total. The highest BCUT2D eigenvalue weighted by Crippen LogP contribution is 2.29. The molecule has 2 heteroatoms. The molecule has 0 aromatic heterocycles. The van der Waals surface area contributed by atoms with E-state index in [4.69, 9.17) is 5.73 Å². The molecule has 2 N–H and O–H groups in total. The summed E-state index contributed by atoms with van der Waals surface area (Å²) in [6.45, 7) is 14.0. The third kappa shape index (κ3) is 6.01. The summed E-state index contributed by atoms with van der Waals surface area (Å²) in [5, 5.41) is 0. The fourth-order valence-corrected chi connectivity index (χ4v) is 1.27. The van der Waals surface area contributed by atoms with Crippen molar-refractivity contribution in [3.05, 3.63) is 0 Å². The quantitative estimate of drug-likeness (QED) is 0.743. The third-order valence-corrected chi connectivity index (χ3v) is 2.55. The van der Waals surface area contributed by atoms with Gasteiger partial charge in [0.2, 0.25) is 5.91 Å². The van der Waals surface area contributed by atoms with Gasteiger partial charge in [-0.25, -0.2) is 0 Å². The summed E-state index contributed by atoms with van der Waals surface area (Å²) in [6.07, 6.45) is 2.57. The lowest BCUT2D eigenvalue weighted by Crippen LogP contribution is -2.35. The first-order chi connectivity index (χ1) is 6.63. The number of rotatable bonds is 4. The molecule has 1 amide bonds. The summed E-state index contributed by atoms with van der Waals surface area (Å²) in [4.78, 5) is 10.9. The second-order valence-electron chi connectivity index (χ2n) is 2.71. The lowest BCUT2D eigenvalue weighted by atomic mass is 9.79. The van der Waals surface area contributed by atoms with Crippen molar-refractivity contribution in [1.29, 1.82) is 0 Å². The zero-order chi connectivity index (χ0) is 12.2. The SMILES string of the molecule is CC.CC.CCC(CC)(CC)C(N)=O. The highest BCUT2D eigenvalue weighted by molar-refractivity contribution is 5.80. The molecular formula is C12H29NO. The number of hydrogen-bond donors (Lipinski definition) is 1. The van der Waals surface area contributed by atoms with E-state index in [9.17, 15) is 4.79 Å². The van der Waals surface area contributed by atoms with Gasteiger partial charge < -0.3 is 5.73 Å². The molecule has 0 radical (unpaired) electrons. The van der Waals surface area contributed by atoms with Crippen LogP contribution in [0.2, 0.25) is 0 Å². The van der Waals surface area contributed by atoms with E-state index in [1.807, 2.05) is 48.5 Å². The highest BCUT2D eigenvalue weighted by atomic mass is 16.1. The lowest BCUT2D eigenvalue weighted by Gasteiger charge is -2.25. The summed E-state index contributed by atoms with van der Waals surface area (Å²) in [6, 6.07) is 0. The average molecular weight is 203 g/mol. The first kappa shape index (κ1) is 19.1. The predicted molar refractivity (Wildman–Crippen MR) is 65.2 cm³/mol. The van der Waals surface area contributed by atoms with E-state index in [1.165, 1.54) is 0 Å². The Morgan fingerprint density at radius 3 is 1.14 bits per heavy atom. The van der Waals surface area contributed by atoms with E-state index < -0.39 is 0 Å². The molecule has 88 valence electrons. The third-order valence-electron chi connectivity index (χ3n) is 2.55. The maximum absolute atomic E-state index is 10.9. The Labute approximate surface area is 90.3 Å². The Morgan fingerprint density at radius 2 is 1.14 bits per heavy atom. The van der Waals surface area contributed by atoms with Crippen LogP contribution in [0.15, 0.2) is 0 Å². The minimum absolute atomic E-state index is 0.153. The summed E-state index contributed by atoms with van der Waals surface area (Å²) in [5.41, 5.74) is 5.03. The van der Waals surface area contributed by atoms with Crippen LogP contribution in [-0.2, 0) is 4.79 Å². The molecule has 0 bridgehead atoms. The van der Waals surface area contributed by atoms with Crippen molar-refractivity contribution in [2.75, 3.05) is 0 Å². The highest BCUT2D eigenvalue weighted by Gasteiger charge is 2.29. The molecule has 0 unspecified atom stereocenters. The molecule has 0 fully saturated rings. The van der Waals surface area contributed by atoms with Crippen molar-refractivity contribution in [3.63, 3.8) is 0 Å². The first-order valence-electron chi connectivity index (χ1n) is 5.92. The molecule has 0 atom stereocenters. The van der Waals surface area contributed by atoms with Crippen LogP contribution >= 0.6 is 0 Å². The van der Waals surface area contributed by atoms with Crippen LogP contribution in [0.4, 0.5) is 0 Å². The molecule has 0 aliphatic carbocycles. The van der Waals surface area contributed by atoms with Crippen LogP contribution < -0.4 is 5.73 Å². The van der Waals surface area contributed by atoms with Gasteiger partial charge in [-0.2, -0.15) is 0 Å². The summed E-state index contributed by atoms with van der Waals surface area (Å²) >= 11 is 0. The first-order valence-corrected chi connectivity index (χ1v) is 5.92. The van der Waals surface area contributed by atoms with E-state index in [0.717, 1.165) is 19.3 Å². The van der Waals surface area contributed by atoms with Gasteiger partial charge in [-0.1, -0.05) is 48.5 Å². The predicted octanol–water partition coefficient (Wildman–Crippen LogP) is 3.74. The van der Waals surface area contributed by atoms with Gasteiger partial charge in [0.25, 0.3) is 0 Å². The molecule has 0 saturated heterocycles. The fraction of sp³-hybridized carbons (Fsp3) is 0.917. The Kier molecular flexibility index (Phi) is 17.0. The van der Waals surface area contributed by atoms with Gasteiger partial charge in [0.15, 0.2) is 0 Å². The minimum atomic E-state index is -0.236. The standard InChI is InChI=1S/C8H17NO.2C2H6/c1-4-8(5-2,6-3)7(9)10;2*1-2/h4-6H2,1-3H3,(H2,9,10);2*1-2H3. The summed E-state index contributed by atoms with van der Waals surface area (Å²) in [7, 11) is 0. The topological polar surface area (TPSA) is 43.1 Å². The van der Waals surface area contributed by atoms with Crippen molar-refractivity contribution in [1.82, 2.24) is 0 Å².